The Kier molecular flexibility index (Phi) is 5.96. The molecule has 0 atom stereocenters. The first-order valence-electron chi connectivity index (χ1n) is 9.59. The molecule has 1 aromatic carbocycles. The van der Waals surface area contributed by atoms with Gasteiger partial charge >= 0.3 is 6.03 Å². The van der Waals surface area contributed by atoms with Gasteiger partial charge in [-0.2, -0.15) is 0 Å². The Morgan fingerprint density at radius 3 is 2.18 bits per heavy atom. The van der Waals surface area contributed by atoms with Gasteiger partial charge in [0.05, 0.1) is 11.1 Å². The molecule has 0 spiro atoms. The zero-order chi connectivity index (χ0) is 20.3. The van der Waals surface area contributed by atoms with Crippen LogP contribution < -0.4 is 5.32 Å². The van der Waals surface area contributed by atoms with Crippen molar-refractivity contribution in [1.82, 2.24) is 20.0 Å². The van der Waals surface area contributed by atoms with E-state index in [1.165, 1.54) is 4.90 Å². The number of nitrogens with zero attached hydrogens (tertiary/aromatic N) is 3. The molecule has 0 unspecified atom stereocenters. The molecule has 1 N–H and O–H groups in total. The Bertz CT molecular complexity index is 749. The second-order valence-corrected chi connectivity index (χ2v) is 7.42. The summed E-state index contributed by atoms with van der Waals surface area (Å²) in [6.07, 6.45) is 2.13. The van der Waals surface area contributed by atoms with Crippen LogP contribution in [0.15, 0.2) is 24.3 Å². The highest BCUT2D eigenvalue weighted by Crippen LogP contribution is 2.22. The minimum atomic E-state index is -0.293. The summed E-state index contributed by atoms with van der Waals surface area (Å²) in [5.41, 5.74) is 0.854. The quantitative estimate of drug-likeness (QED) is 0.773. The van der Waals surface area contributed by atoms with Gasteiger partial charge < -0.3 is 15.1 Å². The average Bonchev–Trinajstić information content (AvgIpc) is 2.93. The Balaban J connectivity index is 1.40. The van der Waals surface area contributed by atoms with Gasteiger partial charge in [-0.1, -0.05) is 12.1 Å². The largest absolute Gasteiger partial charge is 0.353 e. The van der Waals surface area contributed by atoms with Crippen LogP contribution >= 0.6 is 0 Å². The second-order valence-electron chi connectivity index (χ2n) is 7.42. The predicted octanol–water partition coefficient (Wildman–Crippen LogP) is 1.32. The average molecular weight is 386 g/mol. The molecular weight excluding hydrogens is 360 g/mol. The molecule has 2 aliphatic heterocycles. The van der Waals surface area contributed by atoms with Crippen LogP contribution in [0.4, 0.5) is 4.79 Å². The van der Waals surface area contributed by atoms with Gasteiger partial charge in [0.2, 0.25) is 5.91 Å². The molecule has 8 heteroatoms. The van der Waals surface area contributed by atoms with E-state index in [0.29, 0.717) is 30.6 Å². The fourth-order valence-electron chi connectivity index (χ4n) is 3.64. The van der Waals surface area contributed by atoms with Crippen LogP contribution in [0.25, 0.3) is 0 Å². The minimum absolute atomic E-state index is 0.00859. The lowest BCUT2D eigenvalue weighted by atomic mass is 10.0. The molecule has 0 radical (unpaired) electrons. The third kappa shape index (κ3) is 4.16. The maximum absolute atomic E-state index is 12.3. The van der Waals surface area contributed by atoms with Gasteiger partial charge in [0, 0.05) is 46.2 Å². The molecule has 1 saturated heterocycles. The first-order chi connectivity index (χ1) is 13.4. The zero-order valence-corrected chi connectivity index (χ0v) is 16.3. The van der Waals surface area contributed by atoms with E-state index in [1.807, 2.05) is 0 Å². The third-order valence-corrected chi connectivity index (χ3v) is 5.18. The fourth-order valence-corrected chi connectivity index (χ4v) is 3.64. The summed E-state index contributed by atoms with van der Waals surface area (Å²) in [7, 11) is 3.45. The van der Waals surface area contributed by atoms with Gasteiger partial charge in [-0.3, -0.25) is 19.3 Å². The smallest absolute Gasteiger partial charge is 0.319 e. The number of fused-ring (bicyclic) bond motifs is 1. The number of amides is 5. The Labute approximate surface area is 164 Å². The van der Waals surface area contributed by atoms with Crippen LogP contribution in [0.2, 0.25) is 0 Å². The number of likely N-dealkylation sites (tertiary alicyclic amines) is 1. The lowest BCUT2D eigenvalue weighted by Crippen LogP contribution is -2.49. The molecular formula is C20H26N4O4. The Morgan fingerprint density at radius 2 is 1.64 bits per heavy atom. The molecule has 0 aliphatic carbocycles. The molecule has 1 aromatic rings. The van der Waals surface area contributed by atoms with Gasteiger partial charge in [-0.25, -0.2) is 4.79 Å². The first kappa shape index (κ1) is 19.9. The maximum atomic E-state index is 12.3. The van der Waals surface area contributed by atoms with Crippen LogP contribution in [0, 0.1) is 0 Å². The minimum Gasteiger partial charge on any atom is -0.353 e. The molecule has 150 valence electrons. The summed E-state index contributed by atoms with van der Waals surface area (Å²) < 4.78 is 0. The summed E-state index contributed by atoms with van der Waals surface area (Å²) in [5.74, 6) is -0.674. The number of nitrogens with one attached hydrogen (secondary N) is 1. The third-order valence-electron chi connectivity index (χ3n) is 5.18. The predicted molar refractivity (Wildman–Crippen MR) is 103 cm³/mol. The molecule has 28 heavy (non-hydrogen) atoms. The van der Waals surface area contributed by atoms with Crippen LogP contribution in [0.3, 0.4) is 0 Å². The summed E-state index contributed by atoms with van der Waals surface area (Å²) in [6, 6.07) is 6.81. The molecule has 2 aliphatic rings. The number of benzene rings is 1. The highest BCUT2D eigenvalue weighted by molar-refractivity contribution is 6.21. The molecule has 3 rings (SSSR count). The van der Waals surface area contributed by atoms with E-state index in [4.69, 9.17) is 0 Å². The molecule has 0 saturated carbocycles. The summed E-state index contributed by atoms with van der Waals surface area (Å²) >= 11 is 0. The monoisotopic (exact) mass is 386 g/mol. The van der Waals surface area contributed by atoms with E-state index in [9.17, 15) is 19.2 Å². The summed E-state index contributed by atoms with van der Waals surface area (Å²) in [6.45, 7) is 1.48. The van der Waals surface area contributed by atoms with Gasteiger partial charge in [-0.15, -0.1) is 0 Å². The summed E-state index contributed by atoms with van der Waals surface area (Å²) in [4.78, 5) is 53.3. The van der Waals surface area contributed by atoms with E-state index in [-0.39, 0.29) is 42.8 Å². The number of urea groups is 1. The molecule has 5 amide bonds. The van der Waals surface area contributed by atoms with Crippen LogP contribution in [-0.4, -0.2) is 78.2 Å². The Morgan fingerprint density at radius 1 is 1.07 bits per heavy atom. The number of carbonyl (C=O) groups is 4. The lowest BCUT2D eigenvalue weighted by Gasteiger charge is -2.34. The number of piperidine rings is 1. The summed E-state index contributed by atoms with van der Waals surface area (Å²) in [5, 5.41) is 2.99. The fraction of sp³-hybridized carbons (Fsp3) is 0.500. The van der Waals surface area contributed by atoms with Crippen molar-refractivity contribution < 1.29 is 19.2 Å². The van der Waals surface area contributed by atoms with Gasteiger partial charge in [0.15, 0.2) is 0 Å². The molecule has 2 heterocycles. The van der Waals surface area contributed by atoms with Crippen molar-refractivity contribution in [2.45, 2.75) is 31.7 Å². The molecule has 0 aromatic heterocycles. The molecule has 8 nitrogen and oxygen atoms in total. The van der Waals surface area contributed by atoms with Crippen molar-refractivity contribution >= 4 is 23.8 Å². The van der Waals surface area contributed by atoms with Crippen molar-refractivity contribution in [2.75, 3.05) is 33.7 Å². The van der Waals surface area contributed by atoms with Crippen LogP contribution in [0.5, 0.6) is 0 Å². The topological polar surface area (TPSA) is 90.0 Å². The van der Waals surface area contributed by atoms with Crippen molar-refractivity contribution in [3.8, 4) is 0 Å². The number of imide groups is 1. The van der Waals surface area contributed by atoms with Gasteiger partial charge in [-0.05, 0) is 31.4 Å². The maximum Gasteiger partial charge on any atom is 0.319 e. The highest BCUT2D eigenvalue weighted by Gasteiger charge is 2.34. The van der Waals surface area contributed by atoms with Gasteiger partial charge in [0.1, 0.15) is 0 Å². The van der Waals surface area contributed by atoms with Crippen molar-refractivity contribution in [3.63, 3.8) is 0 Å². The SMILES string of the molecule is CN(C)C(=O)N1CCC(NC(=O)CCCN2C(=O)c3ccccc3C2=O)CC1. The van der Waals surface area contributed by atoms with E-state index in [1.54, 1.807) is 48.2 Å². The lowest BCUT2D eigenvalue weighted by molar-refractivity contribution is -0.122. The van der Waals surface area contributed by atoms with E-state index in [2.05, 4.69) is 5.32 Å². The number of rotatable bonds is 5. The number of hydrogen-bond donors (Lipinski definition) is 1. The van der Waals surface area contributed by atoms with Gasteiger partial charge in [0.25, 0.3) is 11.8 Å². The molecule has 0 bridgehead atoms. The second kappa shape index (κ2) is 8.41. The number of carbonyl (C=O) groups excluding carboxylic acids is 4. The van der Waals surface area contributed by atoms with Crippen LogP contribution in [0.1, 0.15) is 46.4 Å². The number of hydrogen-bond acceptors (Lipinski definition) is 4. The van der Waals surface area contributed by atoms with E-state index >= 15 is 0 Å². The van der Waals surface area contributed by atoms with E-state index in [0.717, 1.165) is 12.8 Å². The van der Waals surface area contributed by atoms with Crippen molar-refractivity contribution in [1.29, 1.82) is 0 Å². The van der Waals surface area contributed by atoms with Crippen LogP contribution in [-0.2, 0) is 4.79 Å². The molecule has 1 fully saturated rings. The Hall–Kier alpha value is -2.90. The first-order valence-corrected chi connectivity index (χ1v) is 9.59. The normalized spacial score (nSPS) is 16.9. The highest BCUT2D eigenvalue weighted by atomic mass is 16.2. The standard InChI is InChI=1S/C20H26N4O4/c1-22(2)20(28)23-12-9-14(10-13-23)21-17(25)8-5-11-24-18(26)15-6-3-4-7-16(15)19(24)27/h3-4,6-7,14H,5,8-13H2,1-2H3,(H,21,25). The zero-order valence-electron chi connectivity index (χ0n) is 16.3. The van der Waals surface area contributed by atoms with Crippen molar-refractivity contribution in [3.05, 3.63) is 35.4 Å². The van der Waals surface area contributed by atoms with E-state index < -0.39 is 0 Å². The van der Waals surface area contributed by atoms with Crippen molar-refractivity contribution in [2.24, 2.45) is 0 Å².